The van der Waals surface area contributed by atoms with Gasteiger partial charge in [0.15, 0.2) is 0 Å². The molecule has 0 spiro atoms. The second kappa shape index (κ2) is 4.00. The number of anilines is 1. The molecule has 2 rings (SSSR count). The van der Waals surface area contributed by atoms with Crippen molar-refractivity contribution >= 4 is 5.69 Å². The summed E-state index contributed by atoms with van der Waals surface area (Å²) in [6.45, 7) is 0. The largest absolute Gasteiger partial charge is 0.396 e. The third-order valence-electron chi connectivity index (χ3n) is 3.10. The lowest BCUT2D eigenvalue weighted by Gasteiger charge is -2.28. The fourth-order valence-corrected chi connectivity index (χ4v) is 2.18. The minimum Gasteiger partial charge on any atom is -0.396 e. The van der Waals surface area contributed by atoms with Gasteiger partial charge in [0.05, 0.1) is 17.9 Å². The number of rotatable bonds is 2. The number of nitrogens with one attached hydrogen (secondary N) is 1. The van der Waals surface area contributed by atoms with Gasteiger partial charge >= 0.3 is 0 Å². The summed E-state index contributed by atoms with van der Waals surface area (Å²) >= 11 is 0. The Labute approximate surface area is 84.5 Å². The summed E-state index contributed by atoms with van der Waals surface area (Å²) in [6.07, 6.45) is 8.54. The van der Waals surface area contributed by atoms with Crippen LogP contribution < -0.4 is 11.1 Å². The average Bonchev–Trinajstić information content (AvgIpc) is 2.65. The first-order chi connectivity index (χ1) is 6.79. The van der Waals surface area contributed by atoms with Crippen LogP contribution in [0.4, 0.5) is 5.69 Å². The van der Waals surface area contributed by atoms with E-state index in [1.54, 1.807) is 6.20 Å². The summed E-state index contributed by atoms with van der Waals surface area (Å²) in [4.78, 5) is 0. The number of nitrogens with zero attached hydrogens (tertiary/aromatic N) is 2. The molecule has 14 heavy (non-hydrogen) atoms. The first-order valence-electron chi connectivity index (χ1n) is 5.26. The first-order valence-corrected chi connectivity index (χ1v) is 5.26. The van der Waals surface area contributed by atoms with Crippen LogP contribution in [0.25, 0.3) is 0 Å². The number of aromatic nitrogens is 2. The van der Waals surface area contributed by atoms with Crippen molar-refractivity contribution in [2.24, 2.45) is 0 Å². The van der Waals surface area contributed by atoms with Crippen molar-refractivity contribution in [3.63, 3.8) is 0 Å². The van der Waals surface area contributed by atoms with Crippen LogP contribution in [0.2, 0.25) is 0 Å². The topological polar surface area (TPSA) is 55.9 Å². The summed E-state index contributed by atoms with van der Waals surface area (Å²) < 4.78 is 2.02. The molecular weight excluding hydrogens is 176 g/mol. The molecule has 1 aliphatic carbocycles. The van der Waals surface area contributed by atoms with E-state index in [0.29, 0.717) is 12.1 Å². The summed E-state index contributed by atoms with van der Waals surface area (Å²) in [6, 6.07) is 1.25. The van der Waals surface area contributed by atoms with Gasteiger partial charge in [0, 0.05) is 12.2 Å². The summed E-state index contributed by atoms with van der Waals surface area (Å²) in [7, 11) is 2.04. The minimum absolute atomic E-state index is 0.553. The van der Waals surface area contributed by atoms with Gasteiger partial charge in [-0.1, -0.05) is 0 Å². The van der Waals surface area contributed by atoms with E-state index in [1.807, 2.05) is 17.9 Å². The minimum atomic E-state index is 0.553. The van der Waals surface area contributed by atoms with Crippen molar-refractivity contribution in [2.75, 3.05) is 12.8 Å². The Bertz CT molecular complexity index is 286. The van der Waals surface area contributed by atoms with Gasteiger partial charge in [-0.25, -0.2) is 0 Å². The zero-order chi connectivity index (χ0) is 9.97. The molecule has 0 unspecified atom stereocenters. The number of nitrogens with two attached hydrogens (primary N) is 1. The average molecular weight is 194 g/mol. The quantitative estimate of drug-likeness (QED) is 0.743. The lowest BCUT2D eigenvalue weighted by Crippen LogP contribution is -2.31. The van der Waals surface area contributed by atoms with E-state index >= 15 is 0 Å². The van der Waals surface area contributed by atoms with Crippen LogP contribution in [0.5, 0.6) is 0 Å². The van der Waals surface area contributed by atoms with Crippen LogP contribution in [0, 0.1) is 0 Å². The molecule has 4 nitrogen and oxygen atoms in total. The molecule has 0 saturated heterocycles. The number of hydrogen-bond donors (Lipinski definition) is 2. The van der Waals surface area contributed by atoms with Crippen LogP contribution >= 0.6 is 0 Å². The van der Waals surface area contributed by atoms with E-state index in [0.717, 1.165) is 5.69 Å². The number of hydrogen-bond acceptors (Lipinski definition) is 3. The standard InChI is InChI=1S/C10H18N4/c1-12-9-2-4-10(5-3-9)14-7-8(11)6-13-14/h6-7,9-10,12H,2-5,11H2,1H3/t9-,10-. The molecule has 0 radical (unpaired) electrons. The summed E-state index contributed by atoms with van der Waals surface area (Å²) in [5.74, 6) is 0. The predicted molar refractivity (Wildman–Crippen MR) is 57.0 cm³/mol. The maximum absolute atomic E-state index is 5.64. The van der Waals surface area contributed by atoms with Crippen LogP contribution in [0.1, 0.15) is 31.7 Å². The van der Waals surface area contributed by atoms with Gasteiger partial charge in [0.2, 0.25) is 0 Å². The van der Waals surface area contributed by atoms with E-state index in [9.17, 15) is 0 Å². The molecule has 0 atom stereocenters. The smallest absolute Gasteiger partial charge is 0.0719 e. The van der Waals surface area contributed by atoms with E-state index in [1.165, 1.54) is 25.7 Å². The second-order valence-electron chi connectivity index (χ2n) is 4.05. The van der Waals surface area contributed by atoms with E-state index in [-0.39, 0.29) is 0 Å². The Morgan fingerprint density at radius 3 is 2.64 bits per heavy atom. The molecule has 1 heterocycles. The summed E-state index contributed by atoms with van der Waals surface area (Å²) in [5.41, 5.74) is 6.41. The van der Waals surface area contributed by atoms with Crippen molar-refractivity contribution < 1.29 is 0 Å². The Kier molecular flexibility index (Phi) is 2.72. The molecular formula is C10H18N4. The zero-order valence-electron chi connectivity index (χ0n) is 8.61. The van der Waals surface area contributed by atoms with Crippen molar-refractivity contribution in [3.8, 4) is 0 Å². The van der Waals surface area contributed by atoms with Gasteiger partial charge in [-0.2, -0.15) is 5.10 Å². The van der Waals surface area contributed by atoms with Crippen LogP contribution in [0.3, 0.4) is 0 Å². The maximum atomic E-state index is 5.64. The third kappa shape index (κ3) is 1.90. The molecule has 0 aromatic carbocycles. The van der Waals surface area contributed by atoms with Gasteiger partial charge in [-0.15, -0.1) is 0 Å². The highest BCUT2D eigenvalue weighted by atomic mass is 15.3. The maximum Gasteiger partial charge on any atom is 0.0719 e. The van der Waals surface area contributed by atoms with Gasteiger partial charge < -0.3 is 11.1 Å². The normalized spacial score (nSPS) is 27.8. The molecule has 78 valence electrons. The lowest BCUT2D eigenvalue weighted by atomic mass is 9.91. The predicted octanol–water partition coefficient (Wildman–Crippen LogP) is 1.17. The molecule has 0 amide bonds. The van der Waals surface area contributed by atoms with Crippen molar-refractivity contribution in [3.05, 3.63) is 12.4 Å². The Morgan fingerprint density at radius 1 is 1.43 bits per heavy atom. The van der Waals surface area contributed by atoms with E-state index < -0.39 is 0 Å². The molecule has 1 aromatic rings. The van der Waals surface area contributed by atoms with Crippen LogP contribution in [-0.2, 0) is 0 Å². The Hall–Kier alpha value is -1.03. The molecule has 1 fully saturated rings. The van der Waals surface area contributed by atoms with Gasteiger partial charge in [0.1, 0.15) is 0 Å². The Balaban J connectivity index is 1.95. The SMILES string of the molecule is CN[C@H]1CC[C@H](n2cc(N)cn2)CC1. The molecule has 1 aromatic heterocycles. The van der Waals surface area contributed by atoms with Crippen molar-refractivity contribution in [1.82, 2.24) is 15.1 Å². The van der Waals surface area contributed by atoms with Gasteiger partial charge in [-0.05, 0) is 32.7 Å². The lowest BCUT2D eigenvalue weighted by molar-refractivity contribution is 0.284. The molecule has 4 heteroatoms. The van der Waals surface area contributed by atoms with Crippen LogP contribution in [0.15, 0.2) is 12.4 Å². The van der Waals surface area contributed by atoms with Gasteiger partial charge in [0.25, 0.3) is 0 Å². The highest BCUT2D eigenvalue weighted by molar-refractivity contribution is 5.30. The highest BCUT2D eigenvalue weighted by Gasteiger charge is 2.21. The summed E-state index contributed by atoms with van der Waals surface area (Å²) in [5, 5.41) is 7.59. The van der Waals surface area contributed by atoms with Gasteiger partial charge in [-0.3, -0.25) is 4.68 Å². The Morgan fingerprint density at radius 2 is 2.14 bits per heavy atom. The fourth-order valence-electron chi connectivity index (χ4n) is 2.18. The van der Waals surface area contributed by atoms with E-state index in [4.69, 9.17) is 5.73 Å². The molecule has 0 aliphatic heterocycles. The molecule has 1 saturated carbocycles. The zero-order valence-corrected chi connectivity index (χ0v) is 8.61. The molecule has 3 N–H and O–H groups in total. The highest BCUT2D eigenvalue weighted by Crippen LogP contribution is 2.28. The van der Waals surface area contributed by atoms with Crippen molar-refractivity contribution in [1.29, 1.82) is 0 Å². The monoisotopic (exact) mass is 194 g/mol. The fraction of sp³-hybridized carbons (Fsp3) is 0.700. The second-order valence-corrected chi connectivity index (χ2v) is 4.05. The molecule has 0 bridgehead atoms. The van der Waals surface area contributed by atoms with Crippen molar-refractivity contribution in [2.45, 2.75) is 37.8 Å². The third-order valence-corrected chi connectivity index (χ3v) is 3.10. The van der Waals surface area contributed by atoms with Crippen LogP contribution in [-0.4, -0.2) is 22.9 Å². The van der Waals surface area contributed by atoms with E-state index in [2.05, 4.69) is 10.4 Å². The number of nitrogen functional groups attached to an aromatic ring is 1. The molecule has 1 aliphatic rings. The first kappa shape index (κ1) is 9.52.